The summed E-state index contributed by atoms with van der Waals surface area (Å²) in [6.07, 6.45) is 6.50. The van der Waals surface area contributed by atoms with Crippen LogP contribution >= 0.6 is 0 Å². The van der Waals surface area contributed by atoms with Crippen LogP contribution in [0.3, 0.4) is 0 Å². The first kappa shape index (κ1) is 12.9. The minimum atomic E-state index is 0.672. The quantitative estimate of drug-likeness (QED) is 0.885. The maximum absolute atomic E-state index is 4.87. The van der Waals surface area contributed by atoms with Crippen molar-refractivity contribution >= 4 is 5.95 Å². The van der Waals surface area contributed by atoms with E-state index in [-0.39, 0.29) is 0 Å². The molecule has 0 aromatic carbocycles. The highest BCUT2D eigenvalue weighted by molar-refractivity contribution is 5.33. The Hall–Kier alpha value is -1.16. The van der Waals surface area contributed by atoms with Gasteiger partial charge >= 0.3 is 0 Å². The molecule has 1 N–H and O–H groups in total. The number of anilines is 1. The van der Waals surface area contributed by atoms with Crippen molar-refractivity contribution in [2.75, 3.05) is 31.1 Å². The maximum atomic E-state index is 4.87. The highest BCUT2D eigenvalue weighted by atomic mass is 15.3. The van der Waals surface area contributed by atoms with Crippen molar-refractivity contribution in [3.63, 3.8) is 0 Å². The minimum Gasteiger partial charge on any atom is -0.339 e. The van der Waals surface area contributed by atoms with Gasteiger partial charge in [-0.1, -0.05) is 12.8 Å². The zero-order chi connectivity index (χ0) is 13.1. The number of rotatable bonds is 2. The van der Waals surface area contributed by atoms with E-state index in [4.69, 9.17) is 4.98 Å². The Kier molecular flexibility index (Phi) is 3.97. The molecule has 2 heterocycles. The fourth-order valence-electron chi connectivity index (χ4n) is 3.19. The molecular weight excluding hydrogens is 236 g/mol. The number of hydrogen-bond donors (Lipinski definition) is 1. The molecule has 1 aromatic heterocycles. The summed E-state index contributed by atoms with van der Waals surface area (Å²) in [4.78, 5) is 11.9. The van der Waals surface area contributed by atoms with Crippen LogP contribution in [0.4, 0.5) is 5.95 Å². The Balaban J connectivity index is 1.83. The number of nitrogens with zero attached hydrogens (tertiary/aromatic N) is 3. The third kappa shape index (κ3) is 3.06. The van der Waals surface area contributed by atoms with Gasteiger partial charge in [0.1, 0.15) is 0 Å². The Labute approximate surface area is 115 Å². The van der Waals surface area contributed by atoms with E-state index in [1.807, 2.05) is 0 Å². The van der Waals surface area contributed by atoms with Gasteiger partial charge in [-0.15, -0.1) is 0 Å². The average Bonchev–Trinajstić information content (AvgIpc) is 2.81. The van der Waals surface area contributed by atoms with Gasteiger partial charge in [0.2, 0.25) is 5.95 Å². The molecule has 1 aromatic rings. The Morgan fingerprint density at radius 1 is 1.11 bits per heavy atom. The summed E-state index contributed by atoms with van der Waals surface area (Å²) in [6.45, 7) is 6.34. The van der Waals surface area contributed by atoms with Crippen LogP contribution in [0.5, 0.6) is 0 Å². The van der Waals surface area contributed by atoms with Gasteiger partial charge in [0.05, 0.1) is 0 Å². The molecule has 104 valence electrons. The summed E-state index contributed by atoms with van der Waals surface area (Å²) < 4.78 is 0. The molecule has 1 saturated heterocycles. The van der Waals surface area contributed by atoms with Gasteiger partial charge in [0.15, 0.2) is 0 Å². The van der Waals surface area contributed by atoms with E-state index in [9.17, 15) is 0 Å². The molecule has 19 heavy (non-hydrogen) atoms. The topological polar surface area (TPSA) is 41.1 Å². The fraction of sp³-hybridized carbons (Fsp3) is 0.733. The minimum absolute atomic E-state index is 0.672. The summed E-state index contributed by atoms with van der Waals surface area (Å²) in [5.74, 6) is 1.62. The molecule has 4 nitrogen and oxygen atoms in total. The average molecular weight is 260 g/mol. The zero-order valence-corrected chi connectivity index (χ0v) is 11.9. The van der Waals surface area contributed by atoms with Crippen molar-refractivity contribution in [3.05, 3.63) is 17.5 Å². The highest BCUT2D eigenvalue weighted by Crippen LogP contribution is 2.33. The lowest BCUT2D eigenvalue weighted by Crippen LogP contribution is -2.30. The van der Waals surface area contributed by atoms with Gasteiger partial charge in [-0.25, -0.2) is 9.97 Å². The first-order valence-corrected chi connectivity index (χ1v) is 7.64. The molecule has 2 aliphatic rings. The SMILES string of the molecule is Cc1cc(C2CCCC2)nc(N2CCCNCC2)n1. The second-order valence-corrected chi connectivity index (χ2v) is 5.81. The van der Waals surface area contributed by atoms with Crippen LogP contribution in [0, 0.1) is 6.92 Å². The van der Waals surface area contributed by atoms with Crippen molar-refractivity contribution < 1.29 is 0 Å². The standard InChI is InChI=1S/C15H24N4/c1-12-11-14(13-5-2-3-6-13)18-15(17-12)19-9-4-7-16-8-10-19/h11,13,16H,2-10H2,1H3. The monoisotopic (exact) mass is 260 g/mol. The molecule has 1 aliphatic heterocycles. The smallest absolute Gasteiger partial charge is 0.225 e. The summed E-state index contributed by atoms with van der Waals surface area (Å²) in [6, 6.07) is 2.19. The summed E-state index contributed by atoms with van der Waals surface area (Å²) in [5, 5.41) is 3.43. The second kappa shape index (κ2) is 5.87. The second-order valence-electron chi connectivity index (χ2n) is 5.81. The van der Waals surface area contributed by atoms with Gasteiger partial charge in [0, 0.05) is 36.9 Å². The van der Waals surface area contributed by atoms with Gasteiger partial charge in [-0.05, 0) is 38.8 Å². The van der Waals surface area contributed by atoms with Crippen molar-refractivity contribution in [2.45, 2.75) is 44.9 Å². The largest absolute Gasteiger partial charge is 0.339 e. The van der Waals surface area contributed by atoms with Crippen molar-refractivity contribution in [3.8, 4) is 0 Å². The third-order valence-corrected chi connectivity index (χ3v) is 4.26. The van der Waals surface area contributed by atoms with Gasteiger partial charge in [-0.2, -0.15) is 0 Å². The number of aromatic nitrogens is 2. The third-order valence-electron chi connectivity index (χ3n) is 4.26. The first-order chi connectivity index (χ1) is 9.33. The Morgan fingerprint density at radius 3 is 2.79 bits per heavy atom. The lowest BCUT2D eigenvalue weighted by atomic mass is 10.0. The zero-order valence-electron chi connectivity index (χ0n) is 11.9. The molecule has 0 amide bonds. The molecule has 1 saturated carbocycles. The predicted octanol–water partition coefficient (Wildman–Crippen LogP) is 2.24. The number of nitrogens with one attached hydrogen (secondary N) is 1. The molecule has 4 heteroatoms. The summed E-state index contributed by atoms with van der Waals surface area (Å²) >= 11 is 0. The maximum Gasteiger partial charge on any atom is 0.225 e. The van der Waals surface area contributed by atoms with Crippen LogP contribution in [0.1, 0.15) is 49.4 Å². The summed E-state index contributed by atoms with van der Waals surface area (Å²) in [7, 11) is 0. The van der Waals surface area contributed by atoms with E-state index < -0.39 is 0 Å². The van der Waals surface area contributed by atoms with Gasteiger partial charge < -0.3 is 10.2 Å². The van der Waals surface area contributed by atoms with E-state index >= 15 is 0 Å². The molecule has 1 aliphatic carbocycles. The molecule has 0 unspecified atom stereocenters. The van der Waals surface area contributed by atoms with Crippen molar-refractivity contribution in [1.29, 1.82) is 0 Å². The fourth-order valence-corrected chi connectivity index (χ4v) is 3.19. The van der Waals surface area contributed by atoms with E-state index in [2.05, 4.69) is 28.2 Å². The van der Waals surface area contributed by atoms with Crippen LogP contribution in [0.2, 0.25) is 0 Å². The Bertz CT molecular complexity index is 418. The summed E-state index contributed by atoms with van der Waals surface area (Å²) in [5.41, 5.74) is 2.39. The molecule has 0 bridgehead atoms. The molecule has 3 rings (SSSR count). The van der Waals surface area contributed by atoms with Crippen LogP contribution in [0.25, 0.3) is 0 Å². The number of aryl methyl sites for hydroxylation is 1. The van der Waals surface area contributed by atoms with Crippen molar-refractivity contribution in [2.24, 2.45) is 0 Å². The molecule has 0 atom stereocenters. The van der Waals surface area contributed by atoms with E-state index in [0.29, 0.717) is 5.92 Å². The van der Waals surface area contributed by atoms with Crippen LogP contribution in [-0.4, -0.2) is 36.1 Å². The van der Waals surface area contributed by atoms with Crippen molar-refractivity contribution in [1.82, 2.24) is 15.3 Å². The highest BCUT2D eigenvalue weighted by Gasteiger charge is 2.21. The number of hydrogen-bond acceptors (Lipinski definition) is 4. The molecule has 2 fully saturated rings. The normalized spacial score (nSPS) is 21.6. The van der Waals surface area contributed by atoms with E-state index in [1.54, 1.807) is 0 Å². The molecule has 0 radical (unpaired) electrons. The van der Waals surface area contributed by atoms with Gasteiger partial charge in [0.25, 0.3) is 0 Å². The Morgan fingerprint density at radius 2 is 1.95 bits per heavy atom. The first-order valence-electron chi connectivity index (χ1n) is 7.64. The van der Waals surface area contributed by atoms with Crippen LogP contribution in [-0.2, 0) is 0 Å². The molecular formula is C15H24N4. The lowest BCUT2D eigenvalue weighted by molar-refractivity contribution is 0.682. The van der Waals surface area contributed by atoms with Crippen LogP contribution in [0.15, 0.2) is 6.07 Å². The van der Waals surface area contributed by atoms with Crippen LogP contribution < -0.4 is 10.2 Å². The predicted molar refractivity (Wildman–Crippen MR) is 77.7 cm³/mol. The van der Waals surface area contributed by atoms with E-state index in [1.165, 1.54) is 37.8 Å². The van der Waals surface area contributed by atoms with Gasteiger partial charge in [-0.3, -0.25) is 0 Å². The lowest BCUT2D eigenvalue weighted by Gasteiger charge is -2.21. The van der Waals surface area contributed by atoms with E-state index in [0.717, 1.165) is 37.8 Å². The molecule has 0 spiro atoms.